The van der Waals surface area contributed by atoms with Crippen LogP contribution in [-0.4, -0.2) is 29.5 Å². The first-order chi connectivity index (χ1) is 7.65. The summed E-state index contributed by atoms with van der Waals surface area (Å²) in [7, 11) is 3.64. The molecular formula is C11H22N4O. The van der Waals surface area contributed by atoms with Crippen molar-refractivity contribution in [2.24, 2.45) is 18.8 Å². The summed E-state index contributed by atoms with van der Waals surface area (Å²) in [5, 5.41) is 4.14. The lowest BCUT2D eigenvalue weighted by Gasteiger charge is -2.19. The van der Waals surface area contributed by atoms with E-state index in [-0.39, 0.29) is 6.04 Å². The van der Waals surface area contributed by atoms with Crippen LogP contribution in [0, 0.1) is 5.92 Å². The first-order valence-electron chi connectivity index (χ1n) is 5.58. The number of ether oxygens (including phenoxy) is 1. The summed E-state index contributed by atoms with van der Waals surface area (Å²) in [6.45, 7) is 2.93. The molecule has 2 unspecified atom stereocenters. The van der Waals surface area contributed by atoms with Gasteiger partial charge in [0.2, 0.25) is 0 Å². The molecule has 1 aromatic rings. The molecule has 0 bridgehead atoms. The van der Waals surface area contributed by atoms with Gasteiger partial charge in [0.25, 0.3) is 0 Å². The third-order valence-corrected chi connectivity index (χ3v) is 2.61. The van der Waals surface area contributed by atoms with E-state index in [9.17, 15) is 0 Å². The highest BCUT2D eigenvalue weighted by Crippen LogP contribution is 2.10. The van der Waals surface area contributed by atoms with Crippen molar-refractivity contribution in [1.29, 1.82) is 0 Å². The Bertz CT molecular complexity index is 300. The van der Waals surface area contributed by atoms with Crippen molar-refractivity contribution in [3.05, 3.63) is 18.0 Å². The summed E-state index contributed by atoms with van der Waals surface area (Å²) >= 11 is 0. The van der Waals surface area contributed by atoms with Gasteiger partial charge in [0.15, 0.2) is 0 Å². The number of nitrogens with two attached hydrogens (primary N) is 1. The third-order valence-electron chi connectivity index (χ3n) is 2.61. The number of aromatic nitrogens is 2. The molecule has 0 spiro atoms. The van der Waals surface area contributed by atoms with E-state index in [2.05, 4.69) is 17.4 Å². The molecule has 5 nitrogen and oxygen atoms in total. The number of hydrogen-bond donors (Lipinski definition) is 2. The second kappa shape index (κ2) is 6.62. The van der Waals surface area contributed by atoms with Gasteiger partial charge >= 0.3 is 0 Å². The van der Waals surface area contributed by atoms with Gasteiger partial charge in [-0.1, -0.05) is 6.92 Å². The van der Waals surface area contributed by atoms with Crippen LogP contribution in [0.2, 0.25) is 0 Å². The molecular weight excluding hydrogens is 204 g/mol. The fourth-order valence-electron chi connectivity index (χ4n) is 1.91. The third kappa shape index (κ3) is 4.30. The number of methoxy groups -OCH3 is 1. The van der Waals surface area contributed by atoms with Gasteiger partial charge in [-0.3, -0.25) is 16.0 Å². The highest BCUT2D eigenvalue weighted by molar-refractivity contribution is 5.05. The van der Waals surface area contributed by atoms with Crippen molar-refractivity contribution in [1.82, 2.24) is 15.2 Å². The molecule has 1 heterocycles. The molecule has 1 aromatic heterocycles. The minimum atomic E-state index is 0.273. The predicted molar refractivity (Wildman–Crippen MR) is 63.7 cm³/mol. The maximum atomic E-state index is 5.55. The fraction of sp³-hybridized carbons (Fsp3) is 0.727. The second-order valence-corrected chi connectivity index (χ2v) is 4.39. The summed E-state index contributed by atoms with van der Waals surface area (Å²) < 4.78 is 6.93. The lowest BCUT2D eigenvalue weighted by molar-refractivity contribution is 0.149. The molecule has 2 atom stereocenters. The maximum Gasteiger partial charge on any atom is 0.0522 e. The second-order valence-electron chi connectivity index (χ2n) is 4.39. The van der Waals surface area contributed by atoms with Gasteiger partial charge in [0, 0.05) is 33.0 Å². The molecule has 0 saturated carbocycles. The highest BCUT2D eigenvalue weighted by atomic mass is 16.5. The minimum Gasteiger partial charge on any atom is -0.384 e. The molecule has 0 aromatic carbocycles. The van der Waals surface area contributed by atoms with E-state index >= 15 is 0 Å². The van der Waals surface area contributed by atoms with Crippen LogP contribution in [0.5, 0.6) is 0 Å². The topological polar surface area (TPSA) is 65.1 Å². The van der Waals surface area contributed by atoms with Crippen LogP contribution in [0.1, 0.15) is 18.9 Å². The predicted octanol–water partition coefficient (Wildman–Crippen LogP) is 0.467. The molecule has 0 radical (unpaired) electrons. The van der Waals surface area contributed by atoms with E-state index in [0.29, 0.717) is 5.92 Å². The molecule has 0 aliphatic rings. The van der Waals surface area contributed by atoms with Crippen molar-refractivity contribution in [3.8, 4) is 0 Å². The summed E-state index contributed by atoms with van der Waals surface area (Å²) in [6, 6.07) is 0.273. The van der Waals surface area contributed by atoms with Gasteiger partial charge in [0.1, 0.15) is 0 Å². The number of rotatable bonds is 7. The van der Waals surface area contributed by atoms with E-state index in [1.54, 1.807) is 7.11 Å². The molecule has 16 heavy (non-hydrogen) atoms. The Labute approximate surface area is 96.9 Å². The zero-order valence-corrected chi connectivity index (χ0v) is 10.3. The van der Waals surface area contributed by atoms with Gasteiger partial charge in [-0.25, -0.2) is 0 Å². The standard InChI is InChI=1S/C11H22N4O/c1-9(8-16-3)4-11(14-12)5-10-6-13-15(2)7-10/h6-7,9,11,14H,4-5,8,12H2,1-3H3. The molecule has 1 rings (SSSR count). The Kier molecular flexibility index (Phi) is 5.45. The van der Waals surface area contributed by atoms with Crippen LogP contribution in [0.25, 0.3) is 0 Å². The monoisotopic (exact) mass is 226 g/mol. The van der Waals surface area contributed by atoms with Gasteiger partial charge in [-0.2, -0.15) is 5.10 Å². The van der Waals surface area contributed by atoms with E-state index < -0.39 is 0 Å². The number of aryl methyl sites for hydroxylation is 1. The first kappa shape index (κ1) is 13.2. The normalized spacial score (nSPS) is 15.0. The lowest BCUT2D eigenvalue weighted by atomic mass is 9.98. The Balaban J connectivity index is 2.42. The van der Waals surface area contributed by atoms with Crippen molar-refractivity contribution in [3.63, 3.8) is 0 Å². The van der Waals surface area contributed by atoms with Crippen LogP contribution in [0.15, 0.2) is 12.4 Å². The minimum absolute atomic E-state index is 0.273. The summed E-state index contributed by atoms with van der Waals surface area (Å²) in [4.78, 5) is 0. The Hall–Kier alpha value is -0.910. The molecule has 5 heteroatoms. The zero-order valence-electron chi connectivity index (χ0n) is 10.3. The van der Waals surface area contributed by atoms with Crippen molar-refractivity contribution >= 4 is 0 Å². The smallest absolute Gasteiger partial charge is 0.0522 e. The summed E-state index contributed by atoms with van der Waals surface area (Å²) in [5.41, 5.74) is 4.06. The zero-order chi connectivity index (χ0) is 12.0. The van der Waals surface area contributed by atoms with E-state index in [1.807, 2.05) is 24.1 Å². The summed E-state index contributed by atoms with van der Waals surface area (Å²) in [6.07, 6.45) is 5.80. The Morgan fingerprint density at radius 3 is 2.88 bits per heavy atom. The van der Waals surface area contributed by atoms with Gasteiger partial charge in [-0.05, 0) is 24.3 Å². The fourth-order valence-corrected chi connectivity index (χ4v) is 1.91. The van der Waals surface area contributed by atoms with Crippen molar-refractivity contribution < 1.29 is 4.74 Å². The van der Waals surface area contributed by atoms with Crippen LogP contribution >= 0.6 is 0 Å². The Morgan fingerprint density at radius 1 is 1.62 bits per heavy atom. The van der Waals surface area contributed by atoms with Crippen molar-refractivity contribution in [2.45, 2.75) is 25.8 Å². The average molecular weight is 226 g/mol. The highest BCUT2D eigenvalue weighted by Gasteiger charge is 2.13. The van der Waals surface area contributed by atoms with Crippen molar-refractivity contribution in [2.75, 3.05) is 13.7 Å². The van der Waals surface area contributed by atoms with Gasteiger partial charge in [0.05, 0.1) is 6.20 Å². The molecule has 0 aliphatic carbocycles. The SMILES string of the molecule is COCC(C)CC(Cc1cnn(C)c1)NN. The quantitative estimate of drug-likeness (QED) is 0.524. The van der Waals surface area contributed by atoms with Crippen LogP contribution in [0.3, 0.4) is 0 Å². The van der Waals surface area contributed by atoms with Crippen LogP contribution in [0.4, 0.5) is 0 Å². The molecule has 0 amide bonds. The number of nitrogens with zero attached hydrogens (tertiary/aromatic N) is 2. The van der Waals surface area contributed by atoms with E-state index in [4.69, 9.17) is 10.6 Å². The van der Waals surface area contributed by atoms with Gasteiger partial charge < -0.3 is 4.74 Å². The molecule has 0 fully saturated rings. The largest absolute Gasteiger partial charge is 0.384 e. The first-order valence-corrected chi connectivity index (χ1v) is 5.58. The number of hydrogen-bond acceptors (Lipinski definition) is 4. The van der Waals surface area contributed by atoms with Crippen LogP contribution in [-0.2, 0) is 18.2 Å². The number of nitrogens with one attached hydrogen (secondary N) is 1. The maximum absolute atomic E-state index is 5.55. The molecule has 0 saturated heterocycles. The average Bonchev–Trinajstić information content (AvgIpc) is 2.63. The summed E-state index contributed by atoms with van der Waals surface area (Å²) in [5.74, 6) is 6.06. The Morgan fingerprint density at radius 2 is 2.38 bits per heavy atom. The van der Waals surface area contributed by atoms with Gasteiger partial charge in [-0.15, -0.1) is 0 Å². The van der Waals surface area contributed by atoms with Crippen LogP contribution < -0.4 is 11.3 Å². The lowest BCUT2D eigenvalue weighted by Crippen LogP contribution is -2.38. The molecule has 92 valence electrons. The molecule has 3 N–H and O–H groups in total. The number of hydrazine groups is 1. The van der Waals surface area contributed by atoms with E-state index in [1.165, 1.54) is 5.56 Å². The molecule has 0 aliphatic heterocycles. The van der Waals surface area contributed by atoms with E-state index in [0.717, 1.165) is 19.4 Å².